The lowest BCUT2D eigenvalue weighted by atomic mass is 9.77. The summed E-state index contributed by atoms with van der Waals surface area (Å²) in [7, 11) is 0. The van der Waals surface area contributed by atoms with E-state index in [9.17, 15) is 4.79 Å². The van der Waals surface area contributed by atoms with Gasteiger partial charge in [0.05, 0.1) is 31.5 Å². The molecule has 0 unspecified atom stereocenters. The van der Waals surface area contributed by atoms with Crippen LogP contribution >= 0.6 is 0 Å². The maximum absolute atomic E-state index is 12.7. The third-order valence-electron chi connectivity index (χ3n) is 7.42. The van der Waals surface area contributed by atoms with Crippen molar-refractivity contribution in [1.82, 2.24) is 0 Å². The number of epoxide rings is 1. The Morgan fingerprint density at radius 1 is 1.33 bits per heavy atom. The van der Waals surface area contributed by atoms with Gasteiger partial charge in [-0.2, -0.15) is 0 Å². The molecule has 5 rings (SSSR count). The minimum atomic E-state index is -0.0815. The van der Waals surface area contributed by atoms with Crippen LogP contribution in [0.25, 0.3) is 0 Å². The topological polar surface area (TPSA) is 52.5 Å². The Balaban J connectivity index is 1.40. The Labute approximate surface area is 143 Å². The van der Waals surface area contributed by atoms with Crippen molar-refractivity contribution in [3.8, 4) is 0 Å². The number of rotatable bonds is 2. The van der Waals surface area contributed by atoms with Crippen molar-refractivity contribution in [3.63, 3.8) is 0 Å². The summed E-state index contributed by atoms with van der Waals surface area (Å²) in [4.78, 5) is 14.2. The van der Waals surface area contributed by atoms with Crippen molar-refractivity contribution in [3.05, 3.63) is 12.2 Å². The van der Waals surface area contributed by atoms with Crippen LogP contribution in [-0.2, 0) is 19.0 Å². The van der Waals surface area contributed by atoms with Crippen molar-refractivity contribution in [2.45, 2.75) is 44.0 Å². The van der Waals surface area contributed by atoms with E-state index in [1.54, 1.807) is 0 Å². The Morgan fingerprint density at radius 3 is 2.92 bits per heavy atom. The first kappa shape index (κ1) is 15.4. The van der Waals surface area contributed by atoms with Gasteiger partial charge < -0.3 is 19.1 Å². The molecule has 132 valence electrons. The predicted molar refractivity (Wildman–Crippen MR) is 86.5 cm³/mol. The second-order valence-electron chi connectivity index (χ2n) is 8.59. The number of carbonyl (C=O) groups excluding carboxylic acids is 1. The van der Waals surface area contributed by atoms with Gasteiger partial charge >= 0.3 is 5.97 Å². The van der Waals surface area contributed by atoms with E-state index in [0.717, 1.165) is 52.1 Å². The smallest absolute Gasteiger partial charge is 0.315 e. The minimum Gasteiger partial charge on any atom is -0.461 e. The molecule has 5 aliphatic rings. The van der Waals surface area contributed by atoms with E-state index in [0.29, 0.717) is 23.9 Å². The van der Waals surface area contributed by atoms with Crippen molar-refractivity contribution in [2.24, 2.45) is 23.7 Å². The van der Waals surface area contributed by atoms with E-state index in [2.05, 4.69) is 13.5 Å². The average molecular weight is 334 g/mol. The van der Waals surface area contributed by atoms with Gasteiger partial charge in [0, 0.05) is 11.8 Å². The van der Waals surface area contributed by atoms with Gasteiger partial charge in [0.25, 0.3) is 0 Å². The van der Waals surface area contributed by atoms with Gasteiger partial charge in [0.2, 0.25) is 0 Å². The fraction of sp³-hybridized carbons (Fsp3) is 0.842. The summed E-state index contributed by atoms with van der Waals surface area (Å²) >= 11 is 0. The molecule has 3 heterocycles. The zero-order valence-corrected chi connectivity index (χ0v) is 14.5. The maximum atomic E-state index is 12.7. The first-order valence-electron chi connectivity index (χ1n) is 9.55. The predicted octanol–water partition coefficient (Wildman–Crippen LogP) is 0.203. The molecule has 0 spiro atoms. The Kier molecular flexibility index (Phi) is 3.39. The molecular formula is C19H28NO4+. The van der Waals surface area contributed by atoms with E-state index in [4.69, 9.17) is 14.2 Å². The van der Waals surface area contributed by atoms with Crippen LogP contribution in [0.3, 0.4) is 0 Å². The third kappa shape index (κ3) is 2.14. The largest absolute Gasteiger partial charge is 0.461 e. The number of esters is 1. The molecule has 0 aromatic rings. The number of morpholine rings is 1. The van der Waals surface area contributed by atoms with Crippen LogP contribution in [0.5, 0.6) is 0 Å². The summed E-state index contributed by atoms with van der Waals surface area (Å²) < 4.78 is 17.5. The molecule has 2 saturated carbocycles. The van der Waals surface area contributed by atoms with E-state index >= 15 is 0 Å². The van der Waals surface area contributed by atoms with Gasteiger partial charge in [0.15, 0.2) is 0 Å². The molecule has 0 aromatic heterocycles. The van der Waals surface area contributed by atoms with Crippen LogP contribution in [0.4, 0.5) is 0 Å². The molecule has 7 atom stereocenters. The quantitative estimate of drug-likeness (QED) is 0.445. The van der Waals surface area contributed by atoms with Gasteiger partial charge in [-0.1, -0.05) is 12.2 Å². The molecule has 5 heteroatoms. The van der Waals surface area contributed by atoms with Crippen LogP contribution in [-0.4, -0.2) is 56.6 Å². The highest BCUT2D eigenvalue weighted by molar-refractivity contribution is 5.75. The van der Waals surface area contributed by atoms with E-state index < -0.39 is 0 Å². The second kappa shape index (κ2) is 5.29. The van der Waals surface area contributed by atoms with Crippen LogP contribution < -0.4 is 4.90 Å². The SMILES string of the molecule is C=C1CC[C@@H]2[C@H](OC(=O)[C@@H]2C[NH+]2CCOCC2)[C@H]2[C@@H]1C[C@@H]1O[C@]21C. The van der Waals surface area contributed by atoms with Gasteiger partial charge in [-0.25, -0.2) is 0 Å². The molecule has 5 fully saturated rings. The monoisotopic (exact) mass is 334 g/mol. The number of fused-ring (bicyclic) bond motifs is 5. The number of hydrogen-bond donors (Lipinski definition) is 1. The Hall–Kier alpha value is -0.910. The number of allylic oxidation sites excluding steroid dienone is 1. The highest BCUT2D eigenvalue weighted by Crippen LogP contribution is 2.63. The van der Waals surface area contributed by atoms with E-state index in [1.165, 1.54) is 10.5 Å². The summed E-state index contributed by atoms with van der Waals surface area (Å²) in [5.74, 6) is 1.19. The molecule has 3 saturated heterocycles. The second-order valence-corrected chi connectivity index (χ2v) is 8.59. The van der Waals surface area contributed by atoms with Crippen molar-refractivity contribution in [1.29, 1.82) is 0 Å². The van der Waals surface area contributed by atoms with Crippen LogP contribution in [0, 0.1) is 23.7 Å². The summed E-state index contributed by atoms with van der Waals surface area (Å²) in [5.41, 5.74) is 1.28. The minimum absolute atomic E-state index is 0.0305. The molecule has 0 bridgehead atoms. The first-order chi connectivity index (χ1) is 11.6. The zero-order valence-electron chi connectivity index (χ0n) is 14.5. The van der Waals surface area contributed by atoms with Gasteiger partial charge in [-0.05, 0) is 32.1 Å². The van der Waals surface area contributed by atoms with Crippen LogP contribution in [0.1, 0.15) is 26.2 Å². The summed E-state index contributed by atoms with van der Waals surface area (Å²) in [6, 6.07) is 0. The van der Waals surface area contributed by atoms with Crippen molar-refractivity contribution < 1.29 is 23.9 Å². The third-order valence-corrected chi connectivity index (χ3v) is 7.42. The van der Waals surface area contributed by atoms with Gasteiger partial charge in [0.1, 0.15) is 25.1 Å². The number of hydrogen-bond acceptors (Lipinski definition) is 4. The molecule has 0 radical (unpaired) electrons. The average Bonchev–Trinajstić information content (AvgIpc) is 3.05. The number of nitrogens with one attached hydrogen (secondary N) is 1. The molecule has 1 N–H and O–H groups in total. The summed E-state index contributed by atoms with van der Waals surface area (Å²) in [6.07, 6.45) is 3.53. The Bertz CT molecular complexity index is 572. The van der Waals surface area contributed by atoms with E-state index in [1.807, 2.05) is 0 Å². The first-order valence-corrected chi connectivity index (χ1v) is 9.55. The lowest BCUT2D eigenvalue weighted by Gasteiger charge is -2.31. The summed E-state index contributed by atoms with van der Waals surface area (Å²) in [5, 5.41) is 0. The lowest BCUT2D eigenvalue weighted by Crippen LogP contribution is -3.14. The van der Waals surface area contributed by atoms with Gasteiger partial charge in [-0.15, -0.1) is 0 Å². The fourth-order valence-corrected chi connectivity index (χ4v) is 5.97. The Morgan fingerprint density at radius 2 is 2.12 bits per heavy atom. The molecule has 3 aliphatic heterocycles. The lowest BCUT2D eigenvalue weighted by molar-refractivity contribution is -0.910. The van der Waals surface area contributed by atoms with Crippen molar-refractivity contribution in [2.75, 3.05) is 32.8 Å². The molecule has 0 aromatic carbocycles. The number of quaternary nitrogens is 1. The highest BCUT2D eigenvalue weighted by atomic mass is 16.6. The zero-order chi connectivity index (χ0) is 16.5. The standard InChI is InChI=1S/C19H27NO4/c1-11-3-4-12-14(10-20-5-7-22-8-6-20)18(21)23-17(12)16-13(11)9-15-19(16,2)24-15/h12-17H,1,3-10H2,2H3/p+1/t12-,13+,14+,15-,16+,17-,19-/m0/s1. The van der Waals surface area contributed by atoms with Crippen LogP contribution in [0.2, 0.25) is 0 Å². The summed E-state index contributed by atoms with van der Waals surface area (Å²) in [6.45, 7) is 11.1. The van der Waals surface area contributed by atoms with Gasteiger partial charge in [-0.3, -0.25) is 4.79 Å². The van der Waals surface area contributed by atoms with Crippen LogP contribution in [0.15, 0.2) is 12.2 Å². The molecule has 2 aliphatic carbocycles. The van der Waals surface area contributed by atoms with Crippen molar-refractivity contribution >= 4 is 5.97 Å². The number of carbonyl (C=O) groups is 1. The molecule has 5 nitrogen and oxygen atoms in total. The molecular weight excluding hydrogens is 306 g/mol. The van der Waals surface area contributed by atoms with E-state index in [-0.39, 0.29) is 23.6 Å². The highest BCUT2D eigenvalue weighted by Gasteiger charge is 2.71. The number of ether oxygens (including phenoxy) is 3. The maximum Gasteiger partial charge on any atom is 0.315 e. The normalized spacial score (nSPS) is 50.7. The fourth-order valence-electron chi connectivity index (χ4n) is 5.97. The molecule has 24 heavy (non-hydrogen) atoms. The molecule has 0 amide bonds.